The predicted molar refractivity (Wildman–Crippen MR) is 111 cm³/mol. The van der Waals surface area contributed by atoms with Gasteiger partial charge in [0.05, 0.1) is 17.3 Å². The molecule has 0 fully saturated rings. The Morgan fingerprint density at radius 1 is 1.10 bits per heavy atom. The molecule has 0 bridgehead atoms. The molecule has 0 saturated carbocycles. The fraction of sp³-hybridized carbons (Fsp3) is 0.190. The fourth-order valence-corrected chi connectivity index (χ4v) is 2.68. The van der Waals surface area contributed by atoms with Gasteiger partial charge >= 0.3 is 0 Å². The maximum absolute atomic E-state index is 10.9. The Balaban J connectivity index is 1.73. The van der Waals surface area contributed by atoms with Crippen molar-refractivity contribution in [3.8, 4) is 17.3 Å². The minimum atomic E-state index is -0.0372. The van der Waals surface area contributed by atoms with Gasteiger partial charge in [-0.2, -0.15) is 5.26 Å². The normalized spacial score (nSPS) is 10.1. The Labute approximate surface area is 169 Å². The summed E-state index contributed by atoms with van der Waals surface area (Å²) < 4.78 is 0. The van der Waals surface area contributed by atoms with Crippen LogP contribution in [-0.2, 0) is 4.79 Å². The van der Waals surface area contributed by atoms with Crippen LogP contribution in [0.1, 0.15) is 18.9 Å². The number of benzene rings is 1. The van der Waals surface area contributed by atoms with Gasteiger partial charge in [0, 0.05) is 43.7 Å². The molecule has 29 heavy (non-hydrogen) atoms. The van der Waals surface area contributed by atoms with Crippen molar-refractivity contribution in [3.05, 3.63) is 60.4 Å². The van der Waals surface area contributed by atoms with Gasteiger partial charge in [0.25, 0.3) is 0 Å². The average Bonchev–Trinajstić information content (AvgIpc) is 2.74. The van der Waals surface area contributed by atoms with E-state index in [9.17, 15) is 4.79 Å². The quantitative estimate of drug-likeness (QED) is 0.509. The van der Waals surface area contributed by atoms with E-state index in [2.05, 4.69) is 37.0 Å². The number of carbonyl (C=O) groups excluding carboxylic acids is 1. The number of aromatic nitrogens is 3. The largest absolute Gasteiger partial charge is 0.369 e. The van der Waals surface area contributed by atoms with Crippen LogP contribution in [0.3, 0.4) is 0 Å². The van der Waals surface area contributed by atoms with Gasteiger partial charge in [0.1, 0.15) is 5.82 Å². The zero-order valence-electron chi connectivity index (χ0n) is 16.0. The van der Waals surface area contributed by atoms with E-state index in [1.807, 2.05) is 24.3 Å². The number of nitriles is 1. The van der Waals surface area contributed by atoms with Crippen LogP contribution in [0.15, 0.2) is 54.9 Å². The van der Waals surface area contributed by atoms with Crippen LogP contribution in [0, 0.1) is 11.3 Å². The molecule has 3 N–H and O–H groups in total. The standard InChI is InChI=1S/C21H21N7O/c1-15(29)23-10-4-11-25-20-18(7-3-9-24-20)19-8-12-26-21(28-19)27-17-6-2-5-16(13-17)14-22/h2-3,5-9,12-13H,4,10-11H2,1H3,(H,23,29)(H,24,25)(H,26,27,28). The summed E-state index contributed by atoms with van der Waals surface area (Å²) in [6.45, 7) is 2.77. The van der Waals surface area contributed by atoms with Crippen molar-refractivity contribution < 1.29 is 4.79 Å². The van der Waals surface area contributed by atoms with E-state index >= 15 is 0 Å². The van der Waals surface area contributed by atoms with Crippen molar-refractivity contribution in [2.24, 2.45) is 0 Å². The van der Waals surface area contributed by atoms with E-state index in [-0.39, 0.29) is 5.91 Å². The summed E-state index contributed by atoms with van der Waals surface area (Å²) >= 11 is 0. The third kappa shape index (κ3) is 5.74. The van der Waals surface area contributed by atoms with Crippen molar-refractivity contribution in [1.29, 1.82) is 5.26 Å². The van der Waals surface area contributed by atoms with Crippen LogP contribution >= 0.6 is 0 Å². The highest BCUT2D eigenvalue weighted by atomic mass is 16.1. The summed E-state index contributed by atoms with van der Waals surface area (Å²) in [5, 5.41) is 18.2. The molecule has 146 valence electrons. The highest BCUT2D eigenvalue weighted by Gasteiger charge is 2.09. The summed E-state index contributed by atoms with van der Waals surface area (Å²) in [6, 6.07) is 14.8. The van der Waals surface area contributed by atoms with Crippen molar-refractivity contribution in [2.75, 3.05) is 23.7 Å². The first kappa shape index (κ1) is 19.8. The number of carbonyl (C=O) groups is 1. The van der Waals surface area contributed by atoms with E-state index in [0.717, 1.165) is 23.4 Å². The Morgan fingerprint density at radius 3 is 2.83 bits per heavy atom. The molecule has 0 saturated heterocycles. The minimum Gasteiger partial charge on any atom is -0.369 e. The smallest absolute Gasteiger partial charge is 0.227 e. The molecule has 8 heteroatoms. The van der Waals surface area contributed by atoms with E-state index in [0.29, 0.717) is 30.4 Å². The van der Waals surface area contributed by atoms with Gasteiger partial charge in [-0.05, 0) is 42.8 Å². The molecular formula is C21H21N7O. The molecule has 1 aromatic carbocycles. The number of hydrogen-bond donors (Lipinski definition) is 3. The molecule has 8 nitrogen and oxygen atoms in total. The van der Waals surface area contributed by atoms with E-state index < -0.39 is 0 Å². The third-order valence-corrected chi connectivity index (χ3v) is 4.01. The first-order valence-electron chi connectivity index (χ1n) is 9.19. The predicted octanol–water partition coefficient (Wildman–Crippen LogP) is 3.09. The van der Waals surface area contributed by atoms with Gasteiger partial charge in [-0.25, -0.2) is 15.0 Å². The molecule has 3 rings (SSSR count). The SMILES string of the molecule is CC(=O)NCCCNc1ncccc1-c1ccnc(Nc2cccc(C#N)c2)n1. The lowest BCUT2D eigenvalue weighted by atomic mass is 10.2. The molecule has 2 aromatic heterocycles. The van der Waals surface area contributed by atoms with E-state index in [1.165, 1.54) is 6.92 Å². The van der Waals surface area contributed by atoms with Crippen LogP contribution < -0.4 is 16.0 Å². The molecule has 2 heterocycles. The number of hydrogen-bond acceptors (Lipinski definition) is 7. The van der Waals surface area contributed by atoms with Crippen molar-refractivity contribution >= 4 is 23.4 Å². The van der Waals surface area contributed by atoms with Gasteiger partial charge in [-0.15, -0.1) is 0 Å². The third-order valence-electron chi connectivity index (χ3n) is 4.01. The van der Waals surface area contributed by atoms with Crippen LogP contribution in [0.25, 0.3) is 11.3 Å². The molecular weight excluding hydrogens is 366 g/mol. The highest BCUT2D eigenvalue weighted by molar-refractivity contribution is 5.73. The van der Waals surface area contributed by atoms with Gasteiger partial charge in [0.2, 0.25) is 11.9 Å². The number of nitrogens with one attached hydrogen (secondary N) is 3. The minimum absolute atomic E-state index is 0.0372. The molecule has 3 aromatic rings. The molecule has 0 aliphatic heterocycles. The number of amides is 1. The Hall–Kier alpha value is -3.99. The first-order chi connectivity index (χ1) is 14.2. The van der Waals surface area contributed by atoms with Crippen molar-refractivity contribution in [2.45, 2.75) is 13.3 Å². The monoisotopic (exact) mass is 387 g/mol. The van der Waals surface area contributed by atoms with Crippen molar-refractivity contribution in [3.63, 3.8) is 0 Å². The first-order valence-corrected chi connectivity index (χ1v) is 9.19. The maximum atomic E-state index is 10.9. The van der Waals surface area contributed by atoms with Crippen LogP contribution in [0.4, 0.5) is 17.5 Å². The summed E-state index contributed by atoms with van der Waals surface area (Å²) in [6.07, 6.45) is 4.17. The van der Waals surface area contributed by atoms with E-state index in [4.69, 9.17) is 5.26 Å². The Morgan fingerprint density at radius 2 is 2.00 bits per heavy atom. The fourth-order valence-electron chi connectivity index (χ4n) is 2.68. The lowest BCUT2D eigenvalue weighted by molar-refractivity contribution is -0.118. The lowest BCUT2D eigenvalue weighted by Crippen LogP contribution is -2.22. The van der Waals surface area contributed by atoms with Crippen molar-refractivity contribution in [1.82, 2.24) is 20.3 Å². The Kier molecular flexibility index (Phi) is 6.68. The topological polar surface area (TPSA) is 116 Å². The van der Waals surface area contributed by atoms with Gasteiger partial charge in [-0.1, -0.05) is 6.07 Å². The molecule has 0 aliphatic carbocycles. The zero-order chi connectivity index (χ0) is 20.5. The number of nitrogens with zero attached hydrogens (tertiary/aromatic N) is 4. The van der Waals surface area contributed by atoms with Crippen LogP contribution in [-0.4, -0.2) is 33.9 Å². The zero-order valence-corrected chi connectivity index (χ0v) is 16.0. The van der Waals surface area contributed by atoms with Crippen LogP contribution in [0.5, 0.6) is 0 Å². The summed E-state index contributed by atoms with van der Waals surface area (Å²) in [4.78, 5) is 24.2. The number of pyridine rings is 1. The molecule has 0 atom stereocenters. The maximum Gasteiger partial charge on any atom is 0.227 e. The molecule has 1 amide bonds. The molecule has 0 radical (unpaired) electrons. The number of rotatable bonds is 8. The summed E-state index contributed by atoms with van der Waals surface area (Å²) in [5.74, 6) is 1.11. The van der Waals surface area contributed by atoms with Gasteiger partial charge in [-0.3, -0.25) is 4.79 Å². The van der Waals surface area contributed by atoms with Crippen LogP contribution in [0.2, 0.25) is 0 Å². The van der Waals surface area contributed by atoms with Gasteiger partial charge < -0.3 is 16.0 Å². The molecule has 0 unspecified atom stereocenters. The second kappa shape index (κ2) is 9.80. The molecule has 0 spiro atoms. The Bertz CT molecular complexity index is 1030. The molecule has 0 aliphatic rings. The lowest BCUT2D eigenvalue weighted by Gasteiger charge is -2.12. The highest BCUT2D eigenvalue weighted by Crippen LogP contribution is 2.25. The second-order valence-corrected chi connectivity index (χ2v) is 6.25. The average molecular weight is 387 g/mol. The number of anilines is 3. The van der Waals surface area contributed by atoms with Gasteiger partial charge in [0.15, 0.2) is 0 Å². The van der Waals surface area contributed by atoms with E-state index in [1.54, 1.807) is 30.6 Å². The summed E-state index contributed by atoms with van der Waals surface area (Å²) in [7, 11) is 0. The second-order valence-electron chi connectivity index (χ2n) is 6.25. The summed E-state index contributed by atoms with van der Waals surface area (Å²) in [5.41, 5.74) is 2.87.